The lowest BCUT2D eigenvalue weighted by atomic mass is 9.93. The van der Waals surface area contributed by atoms with Gasteiger partial charge < -0.3 is 14.8 Å². The number of ether oxygens (including phenoxy) is 2. The van der Waals surface area contributed by atoms with E-state index in [1.807, 2.05) is 0 Å². The van der Waals surface area contributed by atoms with Gasteiger partial charge in [-0.05, 0) is 41.5 Å². The molecule has 110 valence electrons. The quantitative estimate of drug-likeness (QED) is 0.712. The summed E-state index contributed by atoms with van der Waals surface area (Å²) in [5.74, 6) is 0. The average molecular weight is 259 g/mol. The zero-order valence-electron chi connectivity index (χ0n) is 13.6. The Bertz CT molecular complexity index is 224. The van der Waals surface area contributed by atoms with E-state index >= 15 is 0 Å². The molecule has 0 spiro atoms. The van der Waals surface area contributed by atoms with Gasteiger partial charge in [-0.15, -0.1) is 0 Å². The lowest BCUT2D eigenvalue weighted by Gasteiger charge is -2.30. The molecule has 0 aromatic carbocycles. The molecule has 0 aliphatic carbocycles. The van der Waals surface area contributed by atoms with Gasteiger partial charge in [-0.3, -0.25) is 0 Å². The highest BCUT2D eigenvalue weighted by atomic mass is 16.5. The summed E-state index contributed by atoms with van der Waals surface area (Å²) in [6.45, 7) is 20.2. The molecule has 3 heteroatoms. The molecule has 0 fully saturated rings. The molecule has 18 heavy (non-hydrogen) atoms. The Balaban J connectivity index is 3.71. The Morgan fingerprint density at radius 2 is 1.39 bits per heavy atom. The first-order valence-corrected chi connectivity index (χ1v) is 6.88. The standard InChI is InChI=1S/C15H33NO2/c1-13(2,3)16-11-15(7,8)12-17-9-10-18-14(4,5)6/h16H,9-12H2,1-8H3. The molecule has 0 rings (SSSR count). The van der Waals surface area contributed by atoms with Crippen LogP contribution in [0.25, 0.3) is 0 Å². The minimum absolute atomic E-state index is 0.0767. The maximum atomic E-state index is 5.69. The van der Waals surface area contributed by atoms with Crippen molar-refractivity contribution in [3.8, 4) is 0 Å². The van der Waals surface area contributed by atoms with Crippen LogP contribution in [0.5, 0.6) is 0 Å². The Labute approximate surface area is 114 Å². The van der Waals surface area contributed by atoms with Gasteiger partial charge in [-0.2, -0.15) is 0 Å². The van der Waals surface area contributed by atoms with Gasteiger partial charge >= 0.3 is 0 Å². The van der Waals surface area contributed by atoms with E-state index in [0.717, 1.165) is 13.2 Å². The van der Waals surface area contributed by atoms with Crippen LogP contribution in [0.4, 0.5) is 0 Å². The Hall–Kier alpha value is -0.120. The molecule has 0 heterocycles. The Morgan fingerprint density at radius 3 is 1.83 bits per heavy atom. The van der Waals surface area contributed by atoms with Crippen LogP contribution in [0.2, 0.25) is 0 Å². The van der Waals surface area contributed by atoms with E-state index in [1.165, 1.54) is 0 Å². The molecule has 0 aliphatic heterocycles. The largest absolute Gasteiger partial charge is 0.378 e. The maximum absolute atomic E-state index is 5.69. The molecule has 0 amide bonds. The molecule has 0 aromatic heterocycles. The van der Waals surface area contributed by atoms with E-state index in [-0.39, 0.29) is 16.6 Å². The normalized spacial score (nSPS) is 14.0. The maximum Gasteiger partial charge on any atom is 0.0707 e. The molecule has 3 nitrogen and oxygen atoms in total. The predicted molar refractivity (Wildman–Crippen MR) is 78.1 cm³/mol. The number of hydrogen-bond donors (Lipinski definition) is 1. The van der Waals surface area contributed by atoms with Gasteiger partial charge in [0, 0.05) is 17.5 Å². The van der Waals surface area contributed by atoms with Gasteiger partial charge in [0.2, 0.25) is 0 Å². The molecule has 0 saturated carbocycles. The lowest BCUT2D eigenvalue weighted by molar-refractivity contribution is -0.0455. The van der Waals surface area contributed by atoms with Crippen LogP contribution in [0.3, 0.4) is 0 Å². The number of rotatable bonds is 7. The molecular weight excluding hydrogens is 226 g/mol. The number of hydrogen-bond acceptors (Lipinski definition) is 3. The summed E-state index contributed by atoms with van der Waals surface area (Å²) in [6, 6.07) is 0. The highest BCUT2D eigenvalue weighted by molar-refractivity contribution is 4.77. The van der Waals surface area contributed by atoms with E-state index in [1.54, 1.807) is 0 Å². The Kier molecular flexibility index (Phi) is 6.83. The van der Waals surface area contributed by atoms with Crippen molar-refractivity contribution >= 4 is 0 Å². The smallest absolute Gasteiger partial charge is 0.0707 e. The minimum atomic E-state index is -0.0767. The minimum Gasteiger partial charge on any atom is -0.378 e. The highest BCUT2D eigenvalue weighted by Gasteiger charge is 2.21. The summed E-state index contributed by atoms with van der Waals surface area (Å²) >= 11 is 0. The molecular formula is C15H33NO2. The van der Waals surface area contributed by atoms with Gasteiger partial charge in [-0.25, -0.2) is 0 Å². The lowest BCUT2D eigenvalue weighted by Crippen LogP contribution is -2.43. The first kappa shape index (κ1) is 17.9. The van der Waals surface area contributed by atoms with E-state index < -0.39 is 0 Å². The third-order valence-corrected chi connectivity index (χ3v) is 2.35. The van der Waals surface area contributed by atoms with E-state index in [9.17, 15) is 0 Å². The summed E-state index contributed by atoms with van der Waals surface area (Å²) in [6.07, 6.45) is 0. The van der Waals surface area contributed by atoms with Gasteiger partial charge in [-0.1, -0.05) is 13.8 Å². The average Bonchev–Trinajstić information content (AvgIpc) is 2.11. The van der Waals surface area contributed by atoms with Crippen molar-refractivity contribution in [2.75, 3.05) is 26.4 Å². The SMILES string of the molecule is CC(C)(CNC(C)(C)C)COCCOC(C)(C)C. The van der Waals surface area contributed by atoms with Crippen LogP contribution in [0.15, 0.2) is 0 Å². The summed E-state index contributed by atoms with van der Waals surface area (Å²) in [4.78, 5) is 0. The van der Waals surface area contributed by atoms with Crippen LogP contribution in [0, 0.1) is 5.41 Å². The van der Waals surface area contributed by atoms with Crippen molar-refractivity contribution < 1.29 is 9.47 Å². The van der Waals surface area contributed by atoms with Crippen molar-refractivity contribution in [3.05, 3.63) is 0 Å². The molecule has 0 bridgehead atoms. The molecule has 0 aliphatic rings. The summed E-state index contributed by atoms with van der Waals surface area (Å²) in [7, 11) is 0. The fraction of sp³-hybridized carbons (Fsp3) is 1.00. The molecule has 1 N–H and O–H groups in total. The second kappa shape index (κ2) is 6.88. The predicted octanol–water partition coefficient (Wildman–Crippen LogP) is 3.23. The van der Waals surface area contributed by atoms with E-state index in [0.29, 0.717) is 13.2 Å². The van der Waals surface area contributed by atoms with Crippen molar-refractivity contribution in [2.45, 2.75) is 66.5 Å². The summed E-state index contributed by atoms with van der Waals surface area (Å²) < 4.78 is 11.3. The van der Waals surface area contributed by atoms with Crippen molar-refractivity contribution in [2.24, 2.45) is 5.41 Å². The van der Waals surface area contributed by atoms with E-state index in [2.05, 4.69) is 60.7 Å². The molecule has 0 saturated heterocycles. The van der Waals surface area contributed by atoms with Gasteiger partial charge in [0.25, 0.3) is 0 Å². The Morgan fingerprint density at radius 1 is 0.833 bits per heavy atom. The topological polar surface area (TPSA) is 30.5 Å². The monoisotopic (exact) mass is 259 g/mol. The van der Waals surface area contributed by atoms with Crippen molar-refractivity contribution in [1.82, 2.24) is 5.32 Å². The highest BCUT2D eigenvalue weighted by Crippen LogP contribution is 2.16. The van der Waals surface area contributed by atoms with Gasteiger partial charge in [0.05, 0.1) is 25.4 Å². The third-order valence-electron chi connectivity index (χ3n) is 2.35. The zero-order chi connectivity index (χ0) is 14.4. The van der Waals surface area contributed by atoms with Gasteiger partial charge in [0.1, 0.15) is 0 Å². The fourth-order valence-electron chi connectivity index (χ4n) is 1.31. The second-order valence-electron chi connectivity index (χ2n) is 7.78. The van der Waals surface area contributed by atoms with Crippen molar-refractivity contribution in [3.63, 3.8) is 0 Å². The second-order valence-corrected chi connectivity index (χ2v) is 7.78. The third kappa shape index (κ3) is 12.3. The molecule has 0 atom stereocenters. The van der Waals surface area contributed by atoms with E-state index in [4.69, 9.17) is 9.47 Å². The molecule has 0 aromatic rings. The summed E-state index contributed by atoms with van der Waals surface area (Å²) in [5.41, 5.74) is 0.230. The zero-order valence-corrected chi connectivity index (χ0v) is 13.6. The first-order chi connectivity index (χ1) is 7.91. The fourth-order valence-corrected chi connectivity index (χ4v) is 1.31. The first-order valence-electron chi connectivity index (χ1n) is 6.88. The number of nitrogens with one attached hydrogen (secondary N) is 1. The molecule has 0 radical (unpaired) electrons. The summed E-state index contributed by atoms with van der Waals surface area (Å²) in [5, 5.41) is 3.52. The van der Waals surface area contributed by atoms with Crippen LogP contribution in [-0.4, -0.2) is 37.5 Å². The van der Waals surface area contributed by atoms with Gasteiger partial charge in [0.15, 0.2) is 0 Å². The molecule has 0 unspecified atom stereocenters. The van der Waals surface area contributed by atoms with Crippen molar-refractivity contribution in [1.29, 1.82) is 0 Å². The van der Waals surface area contributed by atoms with Crippen LogP contribution >= 0.6 is 0 Å². The van der Waals surface area contributed by atoms with Crippen LogP contribution < -0.4 is 5.32 Å². The van der Waals surface area contributed by atoms with Crippen LogP contribution in [0.1, 0.15) is 55.4 Å². The van der Waals surface area contributed by atoms with Crippen LogP contribution in [-0.2, 0) is 9.47 Å².